The summed E-state index contributed by atoms with van der Waals surface area (Å²) >= 11 is 1.18. The summed E-state index contributed by atoms with van der Waals surface area (Å²) in [5.74, 6) is 0.0166. The number of rotatable bonds is 7. The van der Waals surface area contributed by atoms with Crippen LogP contribution in [0.1, 0.15) is 43.5 Å². The number of benzene rings is 2. The molecule has 0 amide bonds. The molecule has 1 aromatic heterocycles. The van der Waals surface area contributed by atoms with Gasteiger partial charge in [0.15, 0.2) is 4.80 Å². The monoisotopic (exact) mass is 507 g/mol. The second kappa shape index (κ2) is 10.3. The molecule has 186 valence electrons. The van der Waals surface area contributed by atoms with Crippen LogP contribution < -0.4 is 19.6 Å². The molecule has 0 spiro atoms. The van der Waals surface area contributed by atoms with Gasteiger partial charge in [-0.15, -0.1) is 0 Å². The van der Waals surface area contributed by atoms with E-state index in [2.05, 4.69) is 4.99 Å². The fraction of sp³-hybridized carbons (Fsp3) is 0.269. The predicted octanol–water partition coefficient (Wildman–Crippen LogP) is 3.41. The summed E-state index contributed by atoms with van der Waals surface area (Å²) in [6.07, 6.45) is 1.73. The Balaban J connectivity index is 1.99. The van der Waals surface area contributed by atoms with Crippen LogP contribution in [0.2, 0.25) is 0 Å². The number of ether oxygens (including phenoxy) is 2. The first-order valence-corrected chi connectivity index (χ1v) is 12.2. The summed E-state index contributed by atoms with van der Waals surface area (Å²) < 4.78 is 12.8. The van der Waals surface area contributed by atoms with Crippen LogP contribution >= 0.6 is 11.3 Å². The topological polar surface area (TPSA) is 113 Å². The van der Waals surface area contributed by atoms with Gasteiger partial charge in [-0.1, -0.05) is 41.7 Å². The number of nitrogens with zero attached hydrogens (tertiary/aromatic N) is 3. The Labute approximate surface area is 210 Å². The minimum absolute atomic E-state index is 0.0990. The van der Waals surface area contributed by atoms with Gasteiger partial charge in [0.1, 0.15) is 5.75 Å². The Morgan fingerprint density at radius 2 is 1.94 bits per heavy atom. The molecule has 1 aliphatic rings. The van der Waals surface area contributed by atoms with E-state index in [1.54, 1.807) is 39.0 Å². The van der Waals surface area contributed by atoms with Crippen molar-refractivity contribution in [3.63, 3.8) is 0 Å². The van der Waals surface area contributed by atoms with Crippen molar-refractivity contribution in [1.29, 1.82) is 0 Å². The first kappa shape index (κ1) is 25.1. The van der Waals surface area contributed by atoms with Gasteiger partial charge in [-0.3, -0.25) is 19.5 Å². The fourth-order valence-corrected chi connectivity index (χ4v) is 5.17. The van der Waals surface area contributed by atoms with Gasteiger partial charge < -0.3 is 9.47 Å². The Bertz CT molecular complexity index is 1570. The number of fused-ring (bicyclic) bond motifs is 1. The van der Waals surface area contributed by atoms with E-state index in [1.165, 1.54) is 22.0 Å². The number of aromatic nitrogens is 1. The van der Waals surface area contributed by atoms with Gasteiger partial charge in [0.25, 0.3) is 11.2 Å². The molecule has 9 nitrogen and oxygen atoms in total. The number of nitro benzene ring substituents is 1. The van der Waals surface area contributed by atoms with Crippen LogP contribution in [0, 0.1) is 17.0 Å². The van der Waals surface area contributed by atoms with Crippen molar-refractivity contribution in [3.05, 3.63) is 100 Å². The maximum absolute atomic E-state index is 13.7. The lowest BCUT2D eigenvalue weighted by atomic mass is 9.94. The van der Waals surface area contributed by atoms with Crippen LogP contribution in [0.25, 0.3) is 6.08 Å². The molecule has 2 aromatic carbocycles. The Hall–Kier alpha value is -4.05. The van der Waals surface area contributed by atoms with E-state index in [0.29, 0.717) is 38.5 Å². The molecule has 0 N–H and O–H groups in total. The van der Waals surface area contributed by atoms with E-state index in [0.717, 1.165) is 5.56 Å². The molecule has 4 rings (SSSR count). The third-order valence-electron chi connectivity index (χ3n) is 5.77. The van der Waals surface area contributed by atoms with Crippen LogP contribution in [0.15, 0.2) is 63.5 Å². The van der Waals surface area contributed by atoms with Crippen molar-refractivity contribution in [2.24, 2.45) is 4.99 Å². The summed E-state index contributed by atoms with van der Waals surface area (Å²) in [5, 5.41) is 11.6. The zero-order chi connectivity index (χ0) is 26.0. The predicted molar refractivity (Wildman–Crippen MR) is 136 cm³/mol. The summed E-state index contributed by atoms with van der Waals surface area (Å²) in [7, 11) is 0. The highest BCUT2D eigenvalue weighted by molar-refractivity contribution is 7.07. The molecule has 1 atom stereocenters. The Morgan fingerprint density at radius 1 is 1.19 bits per heavy atom. The smallest absolute Gasteiger partial charge is 0.338 e. The number of hydrogen-bond donors (Lipinski definition) is 0. The first-order chi connectivity index (χ1) is 17.3. The quantitative estimate of drug-likeness (QED) is 0.275. The zero-order valence-electron chi connectivity index (χ0n) is 20.3. The number of esters is 1. The average Bonchev–Trinajstić information content (AvgIpc) is 3.14. The number of hydrogen-bond acceptors (Lipinski definition) is 8. The van der Waals surface area contributed by atoms with E-state index in [-0.39, 0.29) is 23.4 Å². The number of carbonyl (C=O) groups is 1. The summed E-state index contributed by atoms with van der Waals surface area (Å²) in [5.41, 5.74) is 1.72. The number of allylic oxidation sites excluding steroid dienone is 1. The van der Waals surface area contributed by atoms with Gasteiger partial charge in [-0.25, -0.2) is 9.79 Å². The maximum atomic E-state index is 13.7. The lowest BCUT2D eigenvalue weighted by molar-refractivity contribution is -0.385. The van der Waals surface area contributed by atoms with Crippen LogP contribution in [0.4, 0.5) is 5.69 Å². The zero-order valence-corrected chi connectivity index (χ0v) is 21.1. The highest BCUT2D eigenvalue weighted by Crippen LogP contribution is 2.33. The molecule has 0 radical (unpaired) electrons. The van der Waals surface area contributed by atoms with Crippen molar-refractivity contribution in [1.82, 2.24) is 4.57 Å². The molecular formula is C26H25N3O6S. The molecule has 10 heteroatoms. The van der Waals surface area contributed by atoms with Crippen molar-refractivity contribution in [2.75, 3.05) is 13.2 Å². The second-order valence-corrected chi connectivity index (χ2v) is 9.09. The van der Waals surface area contributed by atoms with Gasteiger partial charge in [-0.2, -0.15) is 0 Å². The largest absolute Gasteiger partial charge is 0.493 e. The van der Waals surface area contributed by atoms with Gasteiger partial charge in [0.05, 0.1) is 40.0 Å². The number of para-hydroxylation sites is 1. The van der Waals surface area contributed by atoms with Gasteiger partial charge >= 0.3 is 5.97 Å². The Morgan fingerprint density at radius 3 is 2.64 bits per heavy atom. The molecule has 1 aliphatic heterocycles. The van der Waals surface area contributed by atoms with E-state index in [4.69, 9.17) is 9.47 Å². The van der Waals surface area contributed by atoms with Gasteiger partial charge in [0.2, 0.25) is 0 Å². The minimum Gasteiger partial charge on any atom is -0.493 e. The third kappa shape index (κ3) is 4.59. The van der Waals surface area contributed by atoms with Gasteiger partial charge in [0, 0.05) is 17.2 Å². The Kier molecular flexibility index (Phi) is 7.16. The summed E-state index contributed by atoms with van der Waals surface area (Å²) in [4.78, 5) is 42.8. The van der Waals surface area contributed by atoms with Crippen LogP contribution in [0.5, 0.6) is 5.75 Å². The molecule has 0 fully saturated rings. The van der Waals surface area contributed by atoms with E-state index in [9.17, 15) is 19.7 Å². The second-order valence-electron chi connectivity index (χ2n) is 8.08. The normalized spacial score (nSPS) is 15.3. The highest BCUT2D eigenvalue weighted by Gasteiger charge is 2.34. The number of aryl methyl sites for hydroxylation is 1. The lowest BCUT2D eigenvalue weighted by Crippen LogP contribution is -2.40. The number of carbonyl (C=O) groups excluding carboxylic acids is 1. The van der Waals surface area contributed by atoms with E-state index >= 15 is 0 Å². The fourth-order valence-electron chi connectivity index (χ4n) is 4.13. The molecular weight excluding hydrogens is 482 g/mol. The standard InChI is InChI=1S/C26H25N3O6S/c1-5-34-20-10-8-7-9-17(20)14-21-24(30)28-23(18-12-11-15(3)19(13-18)29(32)33)22(25(31)35-6-2)16(4)27-26(28)36-21/h7-14,23H,5-6H2,1-4H3/b21-14+/t23-/m1/s1. The molecule has 3 aromatic rings. The SMILES string of the molecule is CCOC(=O)C1=C(C)N=c2s/c(=C/c3ccccc3OCC)c(=O)n2[C@@H]1c1ccc(C)c([N+](=O)[O-])c1. The maximum Gasteiger partial charge on any atom is 0.338 e. The van der Waals surface area contributed by atoms with Crippen molar-refractivity contribution < 1.29 is 19.2 Å². The highest BCUT2D eigenvalue weighted by atomic mass is 32.1. The van der Waals surface area contributed by atoms with Crippen LogP contribution in [-0.2, 0) is 9.53 Å². The molecule has 0 saturated carbocycles. The third-order valence-corrected chi connectivity index (χ3v) is 6.75. The average molecular weight is 508 g/mol. The first-order valence-electron chi connectivity index (χ1n) is 11.4. The van der Waals surface area contributed by atoms with Crippen LogP contribution in [0.3, 0.4) is 0 Å². The minimum atomic E-state index is -0.927. The molecule has 0 saturated heterocycles. The summed E-state index contributed by atoms with van der Waals surface area (Å²) in [6, 6.07) is 11.1. The van der Waals surface area contributed by atoms with Gasteiger partial charge in [-0.05, 0) is 45.4 Å². The van der Waals surface area contributed by atoms with E-state index in [1.807, 2.05) is 31.2 Å². The lowest BCUT2D eigenvalue weighted by Gasteiger charge is -2.24. The molecule has 0 unspecified atom stereocenters. The molecule has 0 bridgehead atoms. The molecule has 2 heterocycles. The molecule has 0 aliphatic carbocycles. The summed E-state index contributed by atoms with van der Waals surface area (Å²) in [6.45, 7) is 7.48. The van der Waals surface area contributed by atoms with Crippen LogP contribution in [-0.4, -0.2) is 28.7 Å². The van der Waals surface area contributed by atoms with Crippen molar-refractivity contribution >= 4 is 29.1 Å². The number of thiazole rings is 1. The van der Waals surface area contributed by atoms with Crippen molar-refractivity contribution in [3.8, 4) is 5.75 Å². The number of nitro groups is 1. The van der Waals surface area contributed by atoms with E-state index < -0.39 is 16.9 Å². The molecule has 36 heavy (non-hydrogen) atoms. The van der Waals surface area contributed by atoms with Crippen molar-refractivity contribution in [2.45, 2.75) is 33.7 Å².